The molecule has 0 unspecified atom stereocenters. The predicted octanol–water partition coefficient (Wildman–Crippen LogP) is 3.16. The summed E-state index contributed by atoms with van der Waals surface area (Å²) in [6.07, 6.45) is 1.08. The normalized spacial score (nSPS) is 10.4. The maximum atomic E-state index is 13.7. The molecule has 0 aliphatic rings. The molecule has 2 aromatic rings. The van der Waals surface area contributed by atoms with Gasteiger partial charge in [-0.2, -0.15) is 0 Å². The highest BCUT2D eigenvalue weighted by atomic mass is 19.1. The van der Waals surface area contributed by atoms with Gasteiger partial charge in [-0.3, -0.25) is 0 Å². The van der Waals surface area contributed by atoms with E-state index in [0.717, 1.165) is 6.20 Å². The third-order valence-electron chi connectivity index (χ3n) is 2.52. The first-order valence-corrected chi connectivity index (χ1v) is 5.64. The van der Waals surface area contributed by atoms with Crippen molar-refractivity contribution in [2.24, 2.45) is 0 Å². The van der Waals surface area contributed by atoms with E-state index in [0.29, 0.717) is 23.6 Å². The van der Waals surface area contributed by atoms with Crippen molar-refractivity contribution in [2.75, 3.05) is 11.9 Å². The van der Waals surface area contributed by atoms with Gasteiger partial charge in [0.05, 0.1) is 6.20 Å². The summed E-state index contributed by atoms with van der Waals surface area (Å²) >= 11 is 0. The SMILES string of the molecule is CCNc1ncc(F)c(-c2ccc(C)c(F)c2)n1. The van der Waals surface area contributed by atoms with E-state index < -0.39 is 5.82 Å². The van der Waals surface area contributed by atoms with Gasteiger partial charge >= 0.3 is 0 Å². The molecule has 1 aromatic heterocycles. The Morgan fingerprint density at radius 3 is 2.67 bits per heavy atom. The molecular formula is C13H13F2N3. The van der Waals surface area contributed by atoms with Gasteiger partial charge in [0, 0.05) is 12.1 Å². The minimum Gasteiger partial charge on any atom is -0.354 e. The van der Waals surface area contributed by atoms with E-state index in [1.807, 2.05) is 6.92 Å². The van der Waals surface area contributed by atoms with Gasteiger partial charge in [0.15, 0.2) is 5.82 Å². The van der Waals surface area contributed by atoms with Crippen molar-refractivity contribution in [2.45, 2.75) is 13.8 Å². The lowest BCUT2D eigenvalue weighted by atomic mass is 10.1. The number of benzene rings is 1. The first kappa shape index (κ1) is 12.4. The van der Waals surface area contributed by atoms with Crippen molar-refractivity contribution in [3.05, 3.63) is 41.6 Å². The first-order valence-electron chi connectivity index (χ1n) is 5.64. The molecule has 0 amide bonds. The Bertz CT molecular complexity index is 570. The van der Waals surface area contributed by atoms with Crippen LogP contribution in [0.3, 0.4) is 0 Å². The zero-order chi connectivity index (χ0) is 13.1. The second-order valence-electron chi connectivity index (χ2n) is 3.88. The summed E-state index contributed by atoms with van der Waals surface area (Å²) in [5, 5.41) is 2.89. The minimum absolute atomic E-state index is 0.0971. The highest BCUT2D eigenvalue weighted by molar-refractivity contribution is 5.61. The molecule has 1 N–H and O–H groups in total. The molecule has 0 spiro atoms. The Balaban J connectivity index is 2.48. The highest BCUT2D eigenvalue weighted by Gasteiger charge is 2.10. The molecule has 0 bridgehead atoms. The van der Waals surface area contributed by atoms with Crippen molar-refractivity contribution in [3.63, 3.8) is 0 Å². The topological polar surface area (TPSA) is 37.8 Å². The minimum atomic E-state index is -0.570. The fraction of sp³-hybridized carbons (Fsp3) is 0.231. The molecule has 0 saturated carbocycles. The molecular weight excluding hydrogens is 236 g/mol. The summed E-state index contributed by atoms with van der Waals surface area (Å²) in [5.41, 5.74) is 1.01. The summed E-state index contributed by atoms with van der Waals surface area (Å²) < 4.78 is 27.1. The van der Waals surface area contributed by atoms with Gasteiger partial charge in [0.25, 0.3) is 0 Å². The number of nitrogens with zero attached hydrogens (tertiary/aromatic N) is 2. The Hall–Kier alpha value is -2.04. The Kier molecular flexibility index (Phi) is 3.50. The Morgan fingerprint density at radius 1 is 1.22 bits per heavy atom. The zero-order valence-electron chi connectivity index (χ0n) is 10.2. The van der Waals surface area contributed by atoms with Crippen LogP contribution in [0.1, 0.15) is 12.5 Å². The summed E-state index contributed by atoms with van der Waals surface area (Å²) in [5.74, 6) is -0.620. The molecule has 5 heteroatoms. The zero-order valence-corrected chi connectivity index (χ0v) is 10.2. The maximum absolute atomic E-state index is 13.7. The monoisotopic (exact) mass is 249 g/mol. The van der Waals surface area contributed by atoms with E-state index in [4.69, 9.17) is 0 Å². The van der Waals surface area contributed by atoms with E-state index in [2.05, 4.69) is 15.3 Å². The molecule has 0 radical (unpaired) electrons. The van der Waals surface area contributed by atoms with Crippen LogP contribution in [0.4, 0.5) is 14.7 Å². The van der Waals surface area contributed by atoms with Gasteiger partial charge in [-0.05, 0) is 25.5 Å². The molecule has 1 heterocycles. The smallest absolute Gasteiger partial charge is 0.223 e. The second kappa shape index (κ2) is 5.08. The largest absolute Gasteiger partial charge is 0.354 e. The van der Waals surface area contributed by atoms with Crippen LogP contribution in [0.2, 0.25) is 0 Å². The molecule has 1 aromatic carbocycles. The number of nitrogens with one attached hydrogen (secondary N) is 1. The molecule has 3 nitrogen and oxygen atoms in total. The van der Waals surface area contributed by atoms with Crippen LogP contribution in [-0.2, 0) is 0 Å². The molecule has 0 aliphatic carbocycles. The fourth-order valence-corrected chi connectivity index (χ4v) is 1.55. The van der Waals surface area contributed by atoms with Crippen LogP contribution in [0, 0.1) is 18.6 Å². The number of aryl methyl sites for hydroxylation is 1. The lowest BCUT2D eigenvalue weighted by Gasteiger charge is -2.07. The van der Waals surface area contributed by atoms with Crippen LogP contribution in [0.15, 0.2) is 24.4 Å². The molecule has 0 atom stereocenters. The molecule has 18 heavy (non-hydrogen) atoms. The van der Waals surface area contributed by atoms with Gasteiger partial charge in [0.1, 0.15) is 11.5 Å². The Labute approximate surface area is 104 Å². The summed E-state index contributed by atoms with van der Waals surface area (Å²) in [6, 6.07) is 4.51. The molecule has 0 saturated heterocycles. The van der Waals surface area contributed by atoms with Gasteiger partial charge in [-0.15, -0.1) is 0 Å². The number of hydrogen-bond donors (Lipinski definition) is 1. The van der Waals surface area contributed by atoms with E-state index in [1.54, 1.807) is 19.1 Å². The maximum Gasteiger partial charge on any atom is 0.223 e. The predicted molar refractivity (Wildman–Crippen MR) is 66.3 cm³/mol. The number of anilines is 1. The van der Waals surface area contributed by atoms with Gasteiger partial charge in [-0.25, -0.2) is 18.7 Å². The van der Waals surface area contributed by atoms with E-state index in [1.165, 1.54) is 6.07 Å². The van der Waals surface area contributed by atoms with Gasteiger partial charge in [0.2, 0.25) is 5.95 Å². The molecule has 94 valence electrons. The van der Waals surface area contributed by atoms with Crippen LogP contribution in [0.25, 0.3) is 11.3 Å². The van der Waals surface area contributed by atoms with Crippen molar-refractivity contribution < 1.29 is 8.78 Å². The van der Waals surface area contributed by atoms with Crippen molar-refractivity contribution in [3.8, 4) is 11.3 Å². The van der Waals surface area contributed by atoms with E-state index in [9.17, 15) is 8.78 Å². The molecule has 0 aliphatic heterocycles. The van der Waals surface area contributed by atoms with Gasteiger partial charge < -0.3 is 5.32 Å². The standard InChI is InChI=1S/C13H13F2N3/c1-3-16-13-17-7-11(15)12(18-13)9-5-4-8(2)10(14)6-9/h4-7H,3H2,1-2H3,(H,16,17,18). The van der Waals surface area contributed by atoms with Crippen LogP contribution >= 0.6 is 0 Å². The fourth-order valence-electron chi connectivity index (χ4n) is 1.55. The summed E-state index contributed by atoms with van der Waals surface area (Å²) in [6.45, 7) is 4.17. The van der Waals surface area contributed by atoms with Gasteiger partial charge in [-0.1, -0.05) is 12.1 Å². The molecule has 2 rings (SSSR count). The third kappa shape index (κ3) is 2.45. The van der Waals surface area contributed by atoms with Crippen LogP contribution < -0.4 is 5.32 Å². The number of halogens is 2. The lowest BCUT2D eigenvalue weighted by molar-refractivity contribution is 0.613. The van der Waals surface area contributed by atoms with Crippen molar-refractivity contribution in [1.82, 2.24) is 9.97 Å². The Morgan fingerprint density at radius 2 is 2.00 bits per heavy atom. The second-order valence-corrected chi connectivity index (χ2v) is 3.88. The van der Waals surface area contributed by atoms with E-state index >= 15 is 0 Å². The summed E-state index contributed by atoms with van der Waals surface area (Å²) in [7, 11) is 0. The number of hydrogen-bond acceptors (Lipinski definition) is 3. The van der Waals surface area contributed by atoms with Crippen molar-refractivity contribution in [1.29, 1.82) is 0 Å². The van der Waals surface area contributed by atoms with Crippen LogP contribution in [0.5, 0.6) is 0 Å². The van der Waals surface area contributed by atoms with Crippen molar-refractivity contribution >= 4 is 5.95 Å². The highest BCUT2D eigenvalue weighted by Crippen LogP contribution is 2.23. The van der Waals surface area contributed by atoms with Crippen LogP contribution in [-0.4, -0.2) is 16.5 Å². The number of aromatic nitrogens is 2. The lowest BCUT2D eigenvalue weighted by Crippen LogP contribution is -2.04. The molecule has 0 fully saturated rings. The summed E-state index contributed by atoms with van der Waals surface area (Å²) in [4.78, 5) is 7.84. The number of rotatable bonds is 3. The third-order valence-corrected chi connectivity index (χ3v) is 2.52. The average molecular weight is 249 g/mol. The quantitative estimate of drug-likeness (QED) is 0.908. The van der Waals surface area contributed by atoms with E-state index in [-0.39, 0.29) is 11.5 Å². The average Bonchev–Trinajstić information content (AvgIpc) is 2.35. The first-order chi connectivity index (χ1) is 8.61.